The van der Waals surface area contributed by atoms with Crippen LogP contribution in [0, 0.1) is 11.7 Å². The van der Waals surface area contributed by atoms with Gasteiger partial charge in [0, 0.05) is 24.7 Å². The summed E-state index contributed by atoms with van der Waals surface area (Å²) in [4.78, 5) is 26.6. The molecule has 3 N–H and O–H groups in total. The maximum atomic E-state index is 13.3. The lowest BCUT2D eigenvalue weighted by molar-refractivity contribution is -0.134. The number of aromatic nitrogens is 2. The summed E-state index contributed by atoms with van der Waals surface area (Å²) in [6, 6.07) is 6.83. The smallest absolute Gasteiger partial charge is 0.256 e. The van der Waals surface area contributed by atoms with Crippen LogP contribution in [0.4, 0.5) is 10.2 Å². The second kappa shape index (κ2) is 9.84. The van der Waals surface area contributed by atoms with E-state index in [0.29, 0.717) is 18.9 Å². The Labute approximate surface area is 175 Å². The molecule has 1 atom stereocenters. The van der Waals surface area contributed by atoms with Gasteiger partial charge in [-0.3, -0.25) is 9.59 Å². The van der Waals surface area contributed by atoms with E-state index in [1.54, 1.807) is 27.9 Å². The number of carbonyl (C=O) groups excluding carboxylic acids is 2. The largest absolute Gasteiger partial charge is 0.341 e. The predicted octanol–water partition coefficient (Wildman–Crippen LogP) is 2.84. The lowest BCUT2D eigenvalue weighted by Gasteiger charge is -2.34. The molecule has 3 rings (SSSR count). The van der Waals surface area contributed by atoms with Crippen molar-refractivity contribution in [2.45, 2.75) is 38.8 Å². The quantitative estimate of drug-likeness (QED) is 0.773. The molecule has 7 nitrogen and oxygen atoms in total. The fraction of sp³-hybridized carbons (Fsp3) is 0.450. The third-order valence-electron chi connectivity index (χ3n) is 5.12. The van der Waals surface area contributed by atoms with Gasteiger partial charge in [-0.25, -0.2) is 9.07 Å². The predicted molar refractivity (Wildman–Crippen MR) is 111 cm³/mol. The third kappa shape index (κ3) is 5.33. The SMILES string of the molecule is CC(C)[C@@H](N)C(=O)N1CCC(n2nccc2NC(=O)c2cccc(F)c2)CC1.Cl. The normalized spacial score (nSPS) is 15.7. The number of hydrogen-bond acceptors (Lipinski definition) is 4. The Kier molecular flexibility index (Phi) is 7.75. The zero-order valence-corrected chi connectivity index (χ0v) is 17.4. The molecule has 0 radical (unpaired) electrons. The highest BCUT2D eigenvalue weighted by atomic mass is 35.5. The van der Waals surface area contributed by atoms with E-state index in [0.717, 1.165) is 12.8 Å². The summed E-state index contributed by atoms with van der Waals surface area (Å²) >= 11 is 0. The molecule has 0 unspecified atom stereocenters. The number of hydrogen-bond donors (Lipinski definition) is 2. The van der Waals surface area contributed by atoms with Crippen molar-refractivity contribution in [3.8, 4) is 0 Å². The summed E-state index contributed by atoms with van der Waals surface area (Å²) in [7, 11) is 0. The molecular formula is C20H27ClFN5O2. The highest BCUT2D eigenvalue weighted by molar-refractivity contribution is 6.03. The molecule has 1 aromatic heterocycles. The highest BCUT2D eigenvalue weighted by Crippen LogP contribution is 2.26. The Morgan fingerprint density at radius 1 is 1.24 bits per heavy atom. The molecule has 0 bridgehead atoms. The zero-order valence-electron chi connectivity index (χ0n) is 16.5. The molecule has 0 aliphatic carbocycles. The van der Waals surface area contributed by atoms with Crippen LogP contribution in [0.15, 0.2) is 36.5 Å². The average molecular weight is 424 g/mol. The Balaban J connectivity index is 0.00000300. The number of rotatable bonds is 5. The van der Waals surface area contributed by atoms with Crippen molar-refractivity contribution < 1.29 is 14.0 Å². The first-order chi connectivity index (χ1) is 13.4. The first-order valence-corrected chi connectivity index (χ1v) is 9.51. The number of benzene rings is 1. The molecule has 1 saturated heterocycles. The van der Waals surface area contributed by atoms with Gasteiger partial charge in [-0.15, -0.1) is 12.4 Å². The van der Waals surface area contributed by atoms with Crippen molar-refractivity contribution >= 4 is 30.0 Å². The highest BCUT2D eigenvalue weighted by Gasteiger charge is 2.29. The van der Waals surface area contributed by atoms with Crippen LogP contribution in [-0.4, -0.2) is 45.6 Å². The Morgan fingerprint density at radius 3 is 2.55 bits per heavy atom. The molecule has 1 fully saturated rings. The maximum Gasteiger partial charge on any atom is 0.256 e. The van der Waals surface area contributed by atoms with Crippen molar-refractivity contribution in [1.29, 1.82) is 0 Å². The topological polar surface area (TPSA) is 93.2 Å². The summed E-state index contributed by atoms with van der Waals surface area (Å²) < 4.78 is 15.1. The van der Waals surface area contributed by atoms with E-state index in [-0.39, 0.29) is 35.8 Å². The van der Waals surface area contributed by atoms with Gasteiger partial charge in [0.2, 0.25) is 5.91 Å². The number of halogens is 2. The molecule has 1 aromatic carbocycles. The number of amides is 2. The van der Waals surface area contributed by atoms with Gasteiger partial charge in [-0.05, 0) is 37.0 Å². The average Bonchev–Trinajstić information content (AvgIpc) is 3.15. The van der Waals surface area contributed by atoms with Gasteiger partial charge >= 0.3 is 0 Å². The second-order valence-corrected chi connectivity index (χ2v) is 7.45. The first-order valence-electron chi connectivity index (χ1n) is 9.51. The number of anilines is 1. The molecule has 29 heavy (non-hydrogen) atoms. The molecule has 9 heteroatoms. The first kappa shape index (κ1) is 22.8. The van der Waals surface area contributed by atoms with Gasteiger partial charge < -0.3 is 16.0 Å². The van der Waals surface area contributed by atoms with E-state index < -0.39 is 17.8 Å². The van der Waals surface area contributed by atoms with Crippen LogP contribution in [0.3, 0.4) is 0 Å². The lowest BCUT2D eigenvalue weighted by Crippen LogP contribution is -2.49. The van der Waals surface area contributed by atoms with E-state index in [4.69, 9.17) is 5.73 Å². The molecule has 2 heterocycles. The summed E-state index contributed by atoms with van der Waals surface area (Å²) in [5.41, 5.74) is 6.23. The van der Waals surface area contributed by atoms with Crippen LogP contribution in [0.5, 0.6) is 0 Å². The molecule has 158 valence electrons. The Bertz CT molecular complexity index is 849. The third-order valence-corrected chi connectivity index (χ3v) is 5.12. The van der Waals surface area contributed by atoms with Gasteiger partial charge in [0.1, 0.15) is 11.6 Å². The van der Waals surface area contributed by atoms with Crippen LogP contribution in [0.2, 0.25) is 0 Å². The summed E-state index contributed by atoms with van der Waals surface area (Å²) in [6.45, 7) is 5.07. The molecule has 1 aliphatic rings. The van der Waals surface area contributed by atoms with Crippen molar-refractivity contribution in [2.24, 2.45) is 11.7 Å². The maximum absolute atomic E-state index is 13.3. The van der Waals surface area contributed by atoms with Crippen molar-refractivity contribution in [2.75, 3.05) is 18.4 Å². The minimum Gasteiger partial charge on any atom is -0.341 e. The molecule has 1 aliphatic heterocycles. The second-order valence-electron chi connectivity index (χ2n) is 7.45. The summed E-state index contributed by atoms with van der Waals surface area (Å²) in [5, 5.41) is 7.13. The lowest BCUT2D eigenvalue weighted by atomic mass is 10.0. The van der Waals surface area contributed by atoms with Gasteiger partial charge in [0.15, 0.2) is 0 Å². The number of piperidine rings is 1. The van der Waals surface area contributed by atoms with Crippen LogP contribution in [0.1, 0.15) is 43.1 Å². The monoisotopic (exact) mass is 423 g/mol. The van der Waals surface area contributed by atoms with E-state index in [2.05, 4.69) is 10.4 Å². The van der Waals surface area contributed by atoms with Crippen molar-refractivity contribution in [3.05, 3.63) is 47.9 Å². The van der Waals surface area contributed by atoms with Gasteiger partial charge in [0.05, 0.1) is 18.3 Å². The Morgan fingerprint density at radius 2 is 1.93 bits per heavy atom. The van der Waals surface area contributed by atoms with E-state index >= 15 is 0 Å². The molecular weight excluding hydrogens is 397 g/mol. The van der Waals surface area contributed by atoms with E-state index in [9.17, 15) is 14.0 Å². The zero-order chi connectivity index (χ0) is 20.3. The van der Waals surface area contributed by atoms with Crippen molar-refractivity contribution in [3.63, 3.8) is 0 Å². The number of likely N-dealkylation sites (tertiary alicyclic amines) is 1. The van der Waals surface area contributed by atoms with Gasteiger partial charge in [0.25, 0.3) is 5.91 Å². The van der Waals surface area contributed by atoms with Crippen molar-refractivity contribution in [1.82, 2.24) is 14.7 Å². The number of nitrogens with two attached hydrogens (primary N) is 1. The fourth-order valence-electron chi connectivity index (χ4n) is 3.35. The van der Waals surface area contributed by atoms with Gasteiger partial charge in [-0.1, -0.05) is 19.9 Å². The Hall–Kier alpha value is -2.45. The number of carbonyl (C=O) groups is 2. The van der Waals surface area contributed by atoms with Crippen LogP contribution >= 0.6 is 12.4 Å². The molecule has 2 aromatic rings. The minimum absolute atomic E-state index is 0. The van der Waals surface area contributed by atoms with E-state index in [1.807, 2.05) is 13.8 Å². The minimum atomic E-state index is -0.484. The van der Waals surface area contributed by atoms with Gasteiger partial charge in [-0.2, -0.15) is 5.10 Å². The standard InChI is InChI=1S/C20H26FN5O2.ClH/c1-13(2)18(22)20(28)25-10-7-16(8-11-25)26-17(6-9-23-26)24-19(27)14-4-3-5-15(21)12-14;/h3-6,9,12-13,16,18H,7-8,10-11,22H2,1-2H3,(H,24,27);1H/t18-;/m1./s1. The molecule has 0 spiro atoms. The summed E-state index contributed by atoms with van der Waals surface area (Å²) in [5.74, 6) is -0.220. The number of nitrogens with zero attached hydrogens (tertiary/aromatic N) is 3. The summed E-state index contributed by atoms with van der Waals surface area (Å²) in [6.07, 6.45) is 3.07. The van der Waals surface area contributed by atoms with E-state index in [1.165, 1.54) is 18.2 Å². The van der Waals surface area contributed by atoms with Crippen LogP contribution < -0.4 is 11.1 Å². The van der Waals surface area contributed by atoms with Crippen LogP contribution in [-0.2, 0) is 4.79 Å². The number of nitrogens with one attached hydrogen (secondary N) is 1. The fourth-order valence-corrected chi connectivity index (χ4v) is 3.35. The molecule has 0 saturated carbocycles. The molecule has 2 amide bonds. The van der Waals surface area contributed by atoms with Crippen LogP contribution in [0.25, 0.3) is 0 Å².